The second-order valence-corrected chi connectivity index (χ2v) is 8.18. The smallest absolute Gasteiger partial charge is 0.413 e. The molecule has 0 bridgehead atoms. The molecule has 0 unspecified atom stereocenters. The Balaban J connectivity index is 1.78. The van der Waals surface area contributed by atoms with Gasteiger partial charge in [0.05, 0.1) is 12.6 Å². The molecule has 4 heterocycles. The molecule has 164 valence electrons. The summed E-state index contributed by atoms with van der Waals surface area (Å²) in [6.45, 7) is 7.24. The summed E-state index contributed by atoms with van der Waals surface area (Å²) in [7, 11) is 1.31. The molecule has 0 saturated heterocycles. The van der Waals surface area contributed by atoms with Crippen molar-refractivity contribution >= 4 is 34.4 Å². The molecule has 10 nitrogen and oxygen atoms in total. The zero-order valence-corrected chi connectivity index (χ0v) is 18.3. The minimum absolute atomic E-state index is 0.228. The number of fused-ring (bicyclic) bond motifs is 3. The highest BCUT2D eigenvalue weighted by Gasteiger charge is 2.18. The fourth-order valence-corrected chi connectivity index (χ4v) is 3.30. The van der Waals surface area contributed by atoms with Gasteiger partial charge in [-0.1, -0.05) is 0 Å². The zero-order valence-electron chi connectivity index (χ0n) is 18.3. The molecule has 0 radical (unpaired) electrons. The number of anilines is 1. The van der Waals surface area contributed by atoms with Crippen molar-refractivity contribution in [2.45, 2.75) is 33.3 Å². The Morgan fingerprint density at radius 3 is 2.50 bits per heavy atom. The van der Waals surface area contributed by atoms with Gasteiger partial charge >= 0.3 is 12.1 Å². The highest BCUT2D eigenvalue weighted by molar-refractivity contribution is 5.94. The predicted molar refractivity (Wildman–Crippen MR) is 117 cm³/mol. The number of ether oxygens (including phenoxy) is 2. The van der Waals surface area contributed by atoms with Crippen molar-refractivity contribution in [2.24, 2.45) is 0 Å². The van der Waals surface area contributed by atoms with E-state index in [1.54, 1.807) is 49.8 Å². The molecule has 0 aliphatic carbocycles. The van der Waals surface area contributed by atoms with Crippen LogP contribution in [-0.4, -0.2) is 49.3 Å². The van der Waals surface area contributed by atoms with Crippen LogP contribution in [0.2, 0.25) is 0 Å². The number of methoxy groups -OCH3 is 1. The summed E-state index contributed by atoms with van der Waals surface area (Å²) in [5.74, 6) is -0.170. The van der Waals surface area contributed by atoms with Crippen LogP contribution in [0.4, 0.5) is 10.6 Å². The van der Waals surface area contributed by atoms with Gasteiger partial charge in [-0.2, -0.15) is 5.10 Å². The van der Waals surface area contributed by atoms with Crippen LogP contribution in [0, 0.1) is 6.92 Å². The average Bonchev–Trinajstić information content (AvgIpc) is 3.21. The topological polar surface area (TPSA) is 121 Å². The predicted octanol–water partition coefficient (Wildman–Crippen LogP) is 3.78. The van der Waals surface area contributed by atoms with Crippen LogP contribution in [0.25, 0.3) is 27.7 Å². The number of esters is 1. The van der Waals surface area contributed by atoms with Gasteiger partial charge in [0.15, 0.2) is 5.65 Å². The quantitative estimate of drug-likeness (QED) is 0.484. The van der Waals surface area contributed by atoms with E-state index < -0.39 is 17.7 Å². The molecule has 1 N–H and O–H groups in total. The molecule has 0 fully saturated rings. The highest BCUT2D eigenvalue weighted by Crippen LogP contribution is 2.31. The molecular weight excluding hydrogens is 412 g/mol. The minimum Gasteiger partial charge on any atom is -0.464 e. The Morgan fingerprint density at radius 2 is 1.81 bits per heavy atom. The maximum Gasteiger partial charge on any atom is 0.413 e. The van der Waals surface area contributed by atoms with E-state index in [0.29, 0.717) is 17.0 Å². The van der Waals surface area contributed by atoms with E-state index in [9.17, 15) is 9.59 Å². The molecule has 10 heteroatoms. The van der Waals surface area contributed by atoms with E-state index >= 15 is 0 Å². The Hall–Kier alpha value is -4.08. The Morgan fingerprint density at radius 1 is 1.03 bits per heavy atom. The van der Waals surface area contributed by atoms with Gasteiger partial charge in [-0.05, 0) is 45.4 Å². The monoisotopic (exact) mass is 434 g/mol. The molecule has 0 aliphatic rings. The largest absolute Gasteiger partial charge is 0.464 e. The molecule has 4 rings (SSSR count). The van der Waals surface area contributed by atoms with E-state index in [2.05, 4.69) is 25.4 Å². The third-order valence-electron chi connectivity index (χ3n) is 4.65. The van der Waals surface area contributed by atoms with Gasteiger partial charge in [0, 0.05) is 35.0 Å². The summed E-state index contributed by atoms with van der Waals surface area (Å²) in [5.41, 5.74) is 3.33. The van der Waals surface area contributed by atoms with Gasteiger partial charge in [-0.25, -0.2) is 29.1 Å². The summed E-state index contributed by atoms with van der Waals surface area (Å²) in [6.07, 6.45) is 4.11. The van der Waals surface area contributed by atoms with Crippen LogP contribution in [0.15, 0.2) is 36.9 Å². The normalized spacial score (nSPS) is 11.5. The number of hydrogen-bond donors (Lipinski definition) is 1. The molecule has 32 heavy (non-hydrogen) atoms. The van der Waals surface area contributed by atoms with Crippen molar-refractivity contribution < 1.29 is 19.1 Å². The molecule has 0 aliphatic heterocycles. The highest BCUT2D eigenvalue weighted by atomic mass is 16.6. The fourth-order valence-electron chi connectivity index (χ4n) is 3.30. The van der Waals surface area contributed by atoms with Crippen LogP contribution in [0.5, 0.6) is 0 Å². The van der Waals surface area contributed by atoms with Crippen molar-refractivity contribution in [3.63, 3.8) is 0 Å². The number of nitrogens with one attached hydrogen (secondary N) is 1. The van der Waals surface area contributed by atoms with E-state index in [0.717, 1.165) is 22.1 Å². The molecule has 4 aromatic heterocycles. The summed E-state index contributed by atoms with van der Waals surface area (Å²) in [6, 6.07) is 5.30. The maximum absolute atomic E-state index is 12.1. The van der Waals surface area contributed by atoms with Crippen LogP contribution >= 0.6 is 0 Å². The zero-order chi connectivity index (χ0) is 23.0. The van der Waals surface area contributed by atoms with Gasteiger partial charge in [0.1, 0.15) is 23.4 Å². The van der Waals surface area contributed by atoms with Gasteiger partial charge in [-0.15, -0.1) is 0 Å². The van der Waals surface area contributed by atoms with Gasteiger partial charge in [0.25, 0.3) is 0 Å². The molecule has 0 aromatic carbocycles. The van der Waals surface area contributed by atoms with E-state index in [4.69, 9.17) is 9.47 Å². The van der Waals surface area contributed by atoms with Crippen molar-refractivity contribution in [3.8, 4) is 11.1 Å². The maximum atomic E-state index is 12.1. The second-order valence-electron chi connectivity index (χ2n) is 8.18. The fraction of sp³-hybridized carbons (Fsp3) is 0.273. The number of hydrogen-bond acceptors (Lipinski definition) is 8. The number of aryl methyl sites for hydroxylation is 1. The third-order valence-corrected chi connectivity index (χ3v) is 4.65. The van der Waals surface area contributed by atoms with E-state index in [1.807, 2.05) is 13.0 Å². The van der Waals surface area contributed by atoms with Crippen molar-refractivity contribution in [2.75, 3.05) is 12.4 Å². The first-order chi connectivity index (χ1) is 15.2. The van der Waals surface area contributed by atoms with Gasteiger partial charge in [-0.3, -0.25) is 5.32 Å². The Labute approximate surface area is 183 Å². The van der Waals surface area contributed by atoms with Gasteiger partial charge < -0.3 is 9.47 Å². The number of amides is 1. The second kappa shape index (κ2) is 7.88. The molecular formula is C22H22N6O4. The number of nitrogens with zero attached hydrogens (tertiary/aromatic N) is 5. The number of carbonyl (C=O) groups excluding carboxylic acids is 2. The first-order valence-corrected chi connectivity index (χ1v) is 9.84. The molecule has 4 aromatic rings. The number of pyridine rings is 3. The molecule has 0 atom stereocenters. The molecule has 0 spiro atoms. The van der Waals surface area contributed by atoms with Crippen LogP contribution in [-0.2, 0) is 9.47 Å². The third kappa shape index (κ3) is 4.07. The summed E-state index contributed by atoms with van der Waals surface area (Å²) < 4.78 is 11.7. The standard InChI is InChI=1S/C22H22N6O4/c1-12-6-16(20(29)31-5)23-10-15(12)14-7-13-9-24-18(27-21(30)32-22(2,3)4)8-17(13)28-19(14)25-11-26-28/h6-11H,1-5H3,(H,24,27,30). The first kappa shape index (κ1) is 21.2. The van der Waals surface area contributed by atoms with Crippen molar-refractivity contribution in [3.05, 3.63) is 48.2 Å². The lowest BCUT2D eigenvalue weighted by molar-refractivity contribution is 0.0591. The average molecular weight is 434 g/mol. The van der Waals surface area contributed by atoms with E-state index in [1.165, 1.54) is 13.4 Å². The van der Waals surface area contributed by atoms with Crippen LogP contribution in [0.1, 0.15) is 36.8 Å². The summed E-state index contributed by atoms with van der Waals surface area (Å²) in [4.78, 5) is 36.8. The van der Waals surface area contributed by atoms with Crippen molar-refractivity contribution in [1.29, 1.82) is 0 Å². The number of aromatic nitrogens is 5. The molecule has 1 amide bonds. The first-order valence-electron chi connectivity index (χ1n) is 9.84. The lowest BCUT2D eigenvalue weighted by Crippen LogP contribution is -2.27. The van der Waals surface area contributed by atoms with E-state index in [-0.39, 0.29) is 5.69 Å². The van der Waals surface area contributed by atoms with Crippen LogP contribution in [0.3, 0.4) is 0 Å². The van der Waals surface area contributed by atoms with Crippen molar-refractivity contribution in [1.82, 2.24) is 24.6 Å². The van der Waals surface area contributed by atoms with Gasteiger partial charge in [0.2, 0.25) is 0 Å². The summed E-state index contributed by atoms with van der Waals surface area (Å²) >= 11 is 0. The molecule has 0 saturated carbocycles. The minimum atomic E-state index is -0.621. The SMILES string of the molecule is COC(=O)c1cc(C)c(-c2cc3cnc(NC(=O)OC(C)(C)C)cc3n3ncnc23)cn1. The summed E-state index contributed by atoms with van der Waals surface area (Å²) in [5, 5.41) is 7.76. The van der Waals surface area contributed by atoms with Crippen LogP contribution < -0.4 is 5.32 Å². The Kier molecular flexibility index (Phi) is 5.21. The number of rotatable bonds is 3. The lowest BCUT2D eigenvalue weighted by Gasteiger charge is -2.19. The Bertz CT molecular complexity index is 1360. The lowest BCUT2D eigenvalue weighted by atomic mass is 10.0. The number of carbonyl (C=O) groups is 2.